The molecule has 2 rings (SSSR count). The third-order valence-corrected chi connectivity index (χ3v) is 2.60. The standard InChI is InChI=1S/C14H18N4O2/c1-3-20-9-14-17-12(15)8-13(18-14)16-10-6-4-5-7-11(10)19-2/h4-8H,3,9H2,1-2H3,(H3,15,16,17,18). The molecule has 1 aromatic carbocycles. The number of anilines is 3. The average molecular weight is 274 g/mol. The molecule has 6 nitrogen and oxygen atoms in total. The molecule has 0 bridgehead atoms. The summed E-state index contributed by atoms with van der Waals surface area (Å²) in [4.78, 5) is 8.48. The quantitative estimate of drug-likeness (QED) is 0.841. The Hall–Kier alpha value is -2.34. The van der Waals surface area contributed by atoms with Crippen molar-refractivity contribution in [2.45, 2.75) is 13.5 Å². The van der Waals surface area contributed by atoms with E-state index in [4.69, 9.17) is 15.2 Å². The number of nitrogens with two attached hydrogens (primary N) is 1. The summed E-state index contributed by atoms with van der Waals surface area (Å²) in [6.07, 6.45) is 0. The van der Waals surface area contributed by atoms with Crippen LogP contribution in [0.15, 0.2) is 30.3 Å². The van der Waals surface area contributed by atoms with Crippen LogP contribution < -0.4 is 15.8 Å². The molecule has 0 aliphatic rings. The first-order chi connectivity index (χ1) is 9.72. The molecule has 106 valence electrons. The van der Waals surface area contributed by atoms with E-state index in [0.29, 0.717) is 30.7 Å². The molecular formula is C14H18N4O2. The summed E-state index contributed by atoms with van der Waals surface area (Å²) in [6, 6.07) is 9.25. The lowest BCUT2D eigenvalue weighted by molar-refractivity contribution is 0.128. The SMILES string of the molecule is CCOCc1nc(N)cc(Nc2ccccc2OC)n1. The lowest BCUT2D eigenvalue weighted by Gasteiger charge is -2.11. The predicted octanol–water partition coefficient (Wildman–Crippen LogP) is 2.35. The van der Waals surface area contributed by atoms with Crippen molar-refractivity contribution in [2.24, 2.45) is 0 Å². The first kappa shape index (κ1) is 14.1. The Morgan fingerprint density at radius 1 is 1.25 bits per heavy atom. The minimum Gasteiger partial charge on any atom is -0.495 e. The van der Waals surface area contributed by atoms with Crippen molar-refractivity contribution in [1.82, 2.24) is 9.97 Å². The number of hydrogen-bond donors (Lipinski definition) is 2. The van der Waals surface area contributed by atoms with Crippen LogP contribution in [-0.2, 0) is 11.3 Å². The molecule has 0 aliphatic heterocycles. The summed E-state index contributed by atoms with van der Waals surface area (Å²) in [5, 5.41) is 3.17. The van der Waals surface area contributed by atoms with E-state index in [2.05, 4.69) is 15.3 Å². The van der Waals surface area contributed by atoms with Crippen LogP contribution in [0.5, 0.6) is 5.75 Å². The molecule has 1 aromatic heterocycles. The highest BCUT2D eigenvalue weighted by Crippen LogP contribution is 2.26. The van der Waals surface area contributed by atoms with E-state index in [1.54, 1.807) is 13.2 Å². The number of aromatic nitrogens is 2. The highest BCUT2D eigenvalue weighted by atomic mass is 16.5. The van der Waals surface area contributed by atoms with Crippen molar-refractivity contribution in [3.8, 4) is 5.75 Å². The van der Waals surface area contributed by atoms with Gasteiger partial charge in [0.25, 0.3) is 0 Å². The van der Waals surface area contributed by atoms with E-state index in [-0.39, 0.29) is 0 Å². The van der Waals surface area contributed by atoms with Crippen LogP contribution in [0.2, 0.25) is 0 Å². The van der Waals surface area contributed by atoms with Gasteiger partial charge in [-0.1, -0.05) is 12.1 Å². The van der Waals surface area contributed by atoms with Crippen molar-refractivity contribution in [3.05, 3.63) is 36.2 Å². The molecule has 0 spiro atoms. The zero-order valence-corrected chi connectivity index (χ0v) is 11.6. The second-order valence-corrected chi connectivity index (χ2v) is 4.06. The number of methoxy groups -OCH3 is 1. The van der Waals surface area contributed by atoms with E-state index >= 15 is 0 Å². The molecule has 0 amide bonds. The number of para-hydroxylation sites is 2. The molecular weight excluding hydrogens is 256 g/mol. The van der Waals surface area contributed by atoms with Gasteiger partial charge in [0.15, 0.2) is 5.82 Å². The van der Waals surface area contributed by atoms with Crippen LogP contribution in [0, 0.1) is 0 Å². The average Bonchev–Trinajstić information content (AvgIpc) is 2.45. The highest BCUT2D eigenvalue weighted by Gasteiger charge is 2.06. The number of nitrogens with zero attached hydrogens (tertiary/aromatic N) is 2. The number of rotatable bonds is 6. The summed E-state index contributed by atoms with van der Waals surface area (Å²) in [7, 11) is 1.62. The Bertz CT molecular complexity index is 575. The van der Waals surface area contributed by atoms with E-state index in [1.165, 1.54) is 0 Å². The van der Waals surface area contributed by atoms with Crippen molar-refractivity contribution in [2.75, 3.05) is 24.8 Å². The second kappa shape index (κ2) is 6.72. The van der Waals surface area contributed by atoms with Crippen molar-refractivity contribution >= 4 is 17.3 Å². The lowest BCUT2D eigenvalue weighted by Crippen LogP contribution is -2.05. The largest absolute Gasteiger partial charge is 0.495 e. The van der Waals surface area contributed by atoms with Gasteiger partial charge < -0.3 is 20.5 Å². The van der Waals surface area contributed by atoms with Gasteiger partial charge in [-0.3, -0.25) is 0 Å². The highest BCUT2D eigenvalue weighted by molar-refractivity contribution is 5.65. The maximum atomic E-state index is 5.78. The Balaban J connectivity index is 2.22. The van der Waals surface area contributed by atoms with E-state index in [0.717, 1.165) is 11.4 Å². The maximum absolute atomic E-state index is 5.78. The Morgan fingerprint density at radius 2 is 2.05 bits per heavy atom. The van der Waals surface area contributed by atoms with Crippen LogP contribution in [0.25, 0.3) is 0 Å². The van der Waals surface area contributed by atoms with Crippen molar-refractivity contribution in [3.63, 3.8) is 0 Å². The minimum absolute atomic E-state index is 0.335. The van der Waals surface area contributed by atoms with Crippen molar-refractivity contribution in [1.29, 1.82) is 0 Å². The van der Waals surface area contributed by atoms with Crippen LogP contribution in [0.4, 0.5) is 17.3 Å². The number of nitrogen functional groups attached to an aromatic ring is 1. The van der Waals surface area contributed by atoms with Crippen LogP contribution in [0.1, 0.15) is 12.7 Å². The molecule has 1 heterocycles. The predicted molar refractivity (Wildman–Crippen MR) is 78.1 cm³/mol. The topological polar surface area (TPSA) is 82.3 Å². The number of nitrogens with one attached hydrogen (secondary N) is 1. The fourth-order valence-corrected chi connectivity index (χ4v) is 1.73. The number of ether oxygens (including phenoxy) is 2. The van der Waals surface area contributed by atoms with Crippen LogP contribution >= 0.6 is 0 Å². The Morgan fingerprint density at radius 3 is 2.80 bits per heavy atom. The molecule has 6 heteroatoms. The molecule has 0 unspecified atom stereocenters. The Kier molecular flexibility index (Phi) is 4.73. The summed E-state index contributed by atoms with van der Waals surface area (Å²) in [5.41, 5.74) is 6.59. The van der Waals surface area contributed by atoms with Gasteiger partial charge in [0.2, 0.25) is 0 Å². The monoisotopic (exact) mass is 274 g/mol. The molecule has 20 heavy (non-hydrogen) atoms. The molecule has 0 aliphatic carbocycles. The summed E-state index contributed by atoms with van der Waals surface area (Å²) in [5.74, 6) is 2.28. The van der Waals surface area contributed by atoms with Gasteiger partial charge in [-0.15, -0.1) is 0 Å². The van der Waals surface area contributed by atoms with Gasteiger partial charge in [0, 0.05) is 12.7 Å². The molecule has 0 saturated heterocycles. The fourth-order valence-electron chi connectivity index (χ4n) is 1.73. The van der Waals surface area contributed by atoms with Crippen LogP contribution in [-0.4, -0.2) is 23.7 Å². The van der Waals surface area contributed by atoms with Gasteiger partial charge in [-0.25, -0.2) is 9.97 Å². The third kappa shape index (κ3) is 3.58. The van der Waals surface area contributed by atoms with E-state index in [9.17, 15) is 0 Å². The fraction of sp³-hybridized carbons (Fsp3) is 0.286. The van der Waals surface area contributed by atoms with Gasteiger partial charge >= 0.3 is 0 Å². The lowest BCUT2D eigenvalue weighted by atomic mass is 10.3. The second-order valence-electron chi connectivity index (χ2n) is 4.06. The summed E-state index contributed by atoms with van der Waals surface area (Å²) in [6.45, 7) is 2.86. The molecule has 3 N–H and O–H groups in total. The van der Waals surface area contributed by atoms with Gasteiger partial charge in [-0.2, -0.15) is 0 Å². The molecule has 0 fully saturated rings. The van der Waals surface area contributed by atoms with Crippen LogP contribution in [0.3, 0.4) is 0 Å². The van der Waals surface area contributed by atoms with E-state index in [1.807, 2.05) is 31.2 Å². The molecule has 0 atom stereocenters. The minimum atomic E-state index is 0.335. The zero-order chi connectivity index (χ0) is 14.4. The zero-order valence-electron chi connectivity index (χ0n) is 11.6. The summed E-state index contributed by atoms with van der Waals surface area (Å²) >= 11 is 0. The van der Waals surface area contributed by atoms with Gasteiger partial charge in [-0.05, 0) is 19.1 Å². The van der Waals surface area contributed by atoms with Crippen molar-refractivity contribution < 1.29 is 9.47 Å². The molecule has 0 saturated carbocycles. The third-order valence-electron chi connectivity index (χ3n) is 2.60. The van der Waals surface area contributed by atoms with Gasteiger partial charge in [0.05, 0.1) is 12.8 Å². The summed E-state index contributed by atoms with van der Waals surface area (Å²) < 4.78 is 10.6. The van der Waals surface area contributed by atoms with E-state index < -0.39 is 0 Å². The number of benzene rings is 1. The first-order valence-corrected chi connectivity index (χ1v) is 6.34. The maximum Gasteiger partial charge on any atom is 0.158 e. The number of hydrogen-bond acceptors (Lipinski definition) is 6. The molecule has 0 radical (unpaired) electrons. The Labute approximate surface area is 118 Å². The smallest absolute Gasteiger partial charge is 0.158 e. The normalized spacial score (nSPS) is 10.3. The van der Waals surface area contributed by atoms with Gasteiger partial charge in [0.1, 0.15) is 24.0 Å². The molecule has 2 aromatic rings. The first-order valence-electron chi connectivity index (χ1n) is 6.34.